The Hall–Kier alpha value is -3.60. The highest BCUT2D eigenvalue weighted by Crippen LogP contribution is 2.24. The lowest BCUT2D eigenvalue weighted by molar-refractivity contribution is -0.128. The zero-order chi connectivity index (χ0) is 20.1. The molecule has 0 fully saturated rings. The van der Waals surface area contributed by atoms with E-state index >= 15 is 0 Å². The highest BCUT2D eigenvalue weighted by molar-refractivity contribution is 6.06. The van der Waals surface area contributed by atoms with Gasteiger partial charge in [0.25, 0.3) is 5.91 Å². The summed E-state index contributed by atoms with van der Waals surface area (Å²) in [7, 11) is 1.63. The van der Waals surface area contributed by atoms with E-state index < -0.39 is 6.10 Å². The Labute approximate surface area is 170 Å². The first kappa shape index (κ1) is 18.7. The monoisotopic (exact) mass is 386 g/mol. The Balaban J connectivity index is 1.52. The summed E-state index contributed by atoms with van der Waals surface area (Å²) in [6, 6.07) is 27.2. The van der Waals surface area contributed by atoms with Gasteiger partial charge in [-0.3, -0.25) is 4.79 Å². The van der Waals surface area contributed by atoms with E-state index in [1.54, 1.807) is 12.0 Å². The van der Waals surface area contributed by atoms with Crippen molar-refractivity contribution in [3.8, 4) is 5.75 Å². The van der Waals surface area contributed by atoms with Crippen molar-refractivity contribution in [2.45, 2.75) is 19.1 Å². The number of rotatable bonds is 6. The number of nitrogens with zero attached hydrogens (tertiary/aromatic N) is 2. The summed E-state index contributed by atoms with van der Waals surface area (Å²) in [6.45, 7) is 0.474. The van der Waals surface area contributed by atoms with Crippen molar-refractivity contribution in [1.82, 2.24) is 0 Å². The molecule has 5 heteroatoms. The number of hydrogen-bond acceptors (Lipinski definition) is 4. The van der Waals surface area contributed by atoms with E-state index in [9.17, 15) is 4.79 Å². The van der Waals surface area contributed by atoms with Gasteiger partial charge in [-0.25, -0.2) is 0 Å². The third-order valence-corrected chi connectivity index (χ3v) is 4.88. The molecule has 1 aliphatic heterocycles. The fraction of sp³-hybridized carbons (Fsp3) is 0.167. The molecule has 0 spiro atoms. The van der Waals surface area contributed by atoms with E-state index in [2.05, 4.69) is 5.16 Å². The van der Waals surface area contributed by atoms with Crippen LogP contribution in [-0.4, -0.2) is 24.8 Å². The van der Waals surface area contributed by atoms with E-state index in [1.165, 1.54) is 0 Å². The number of amides is 1. The maximum absolute atomic E-state index is 13.3. The summed E-state index contributed by atoms with van der Waals surface area (Å²) in [5.74, 6) is 0.673. The average molecular weight is 386 g/mol. The smallest absolute Gasteiger partial charge is 0.271 e. The van der Waals surface area contributed by atoms with Gasteiger partial charge in [-0.15, -0.1) is 0 Å². The minimum atomic E-state index is -0.643. The van der Waals surface area contributed by atoms with Gasteiger partial charge >= 0.3 is 0 Å². The molecule has 3 aromatic carbocycles. The summed E-state index contributed by atoms with van der Waals surface area (Å²) in [5.41, 5.74) is 3.58. The van der Waals surface area contributed by atoms with Crippen molar-refractivity contribution < 1.29 is 14.4 Å². The van der Waals surface area contributed by atoms with Crippen LogP contribution in [0, 0.1) is 0 Å². The molecule has 29 heavy (non-hydrogen) atoms. The SMILES string of the molecule is COc1ccc(C2=NO[C@@H](C(=O)N(Cc3ccccc3)c3ccccc3)C2)cc1. The molecule has 1 aliphatic rings. The molecule has 3 aromatic rings. The van der Waals surface area contributed by atoms with Crippen LogP contribution in [0.1, 0.15) is 17.5 Å². The van der Waals surface area contributed by atoms with Crippen molar-refractivity contribution in [3.63, 3.8) is 0 Å². The summed E-state index contributed by atoms with van der Waals surface area (Å²) in [4.78, 5) is 20.6. The van der Waals surface area contributed by atoms with E-state index in [1.807, 2.05) is 84.9 Å². The fourth-order valence-corrected chi connectivity index (χ4v) is 3.31. The minimum Gasteiger partial charge on any atom is -0.497 e. The number of methoxy groups -OCH3 is 1. The van der Waals surface area contributed by atoms with Crippen LogP contribution in [0.15, 0.2) is 90.1 Å². The van der Waals surface area contributed by atoms with Gasteiger partial charge in [0.1, 0.15) is 5.75 Å². The Kier molecular flexibility index (Phi) is 5.56. The van der Waals surface area contributed by atoms with E-state index in [0.717, 1.165) is 28.3 Å². The predicted molar refractivity (Wildman–Crippen MR) is 113 cm³/mol. The number of benzene rings is 3. The van der Waals surface area contributed by atoms with Crippen LogP contribution < -0.4 is 9.64 Å². The van der Waals surface area contributed by atoms with Gasteiger partial charge in [0.15, 0.2) is 0 Å². The largest absolute Gasteiger partial charge is 0.497 e. The number of oxime groups is 1. The molecule has 0 aliphatic carbocycles. The van der Waals surface area contributed by atoms with E-state index in [0.29, 0.717) is 13.0 Å². The number of anilines is 1. The van der Waals surface area contributed by atoms with Crippen molar-refractivity contribution in [3.05, 3.63) is 96.1 Å². The molecule has 0 aromatic heterocycles. The first-order valence-corrected chi connectivity index (χ1v) is 9.52. The molecule has 0 N–H and O–H groups in total. The Morgan fingerprint density at radius 3 is 2.31 bits per heavy atom. The fourth-order valence-electron chi connectivity index (χ4n) is 3.31. The van der Waals surface area contributed by atoms with E-state index in [-0.39, 0.29) is 5.91 Å². The second-order valence-electron chi connectivity index (χ2n) is 6.81. The minimum absolute atomic E-state index is 0.104. The standard InChI is InChI=1S/C24H22N2O3/c1-28-21-14-12-19(13-15-21)22-16-23(29-25-22)24(27)26(20-10-6-3-7-11-20)17-18-8-4-2-5-9-18/h2-15,23H,16-17H2,1H3/t23-/m1/s1. The highest BCUT2D eigenvalue weighted by atomic mass is 16.6. The average Bonchev–Trinajstić information content (AvgIpc) is 3.29. The number of ether oxygens (including phenoxy) is 1. The summed E-state index contributed by atoms with van der Waals surface area (Å²) >= 11 is 0. The van der Waals surface area contributed by atoms with Crippen molar-refractivity contribution >= 4 is 17.3 Å². The van der Waals surface area contributed by atoms with Gasteiger partial charge in [-0.05, 0) is 47.5 Å². The zero-order valence-electron chi connectivity index (χ0n) is 16.2. The lowest BCUT2D eigenvalue weighted by Gasteiger charge is -2.25. The number of para-hydroxylation sites is 1. The lowest BCUT2D eigenvalue weighted by Crippen LogP contribution is -2.39. The summed E-state index contributed by atoms with van der Waals surface area (Å²) in [5, 5.41) is 4.18. The molecule has 1 amide bonds. The topological polar surface area (TPSA) is 51.1 Å². The maximum Gasteiger partial charge on any atom is 0.271 e. The van der Waals surface area contributed by atoms with Crippen LogP contribution in [0.25, 0.3) is 0 Å². The number of carbonyl (C=O) groups excluding carboxylic acids is 1. The van der Waals surface area contributed by atoms with Gasteiger partial charge < -0.3 is 14.5 Å². The molecule has 1 atom stereocenters. The molecule has 146 valence electrons. The second kappa shape index (κ2) is 8.61. The number of hydrogen-bond donors (Lipinski definition) is 0. The normalized spacial score (nSPS) is 15.3. The van der Waals surface area contributed by atoms with Gasteiger partial charge in [-0.1, -0.05) is 53.7 Å². The first-order valence-electron chi connectivity index (χ1n) is 9.52. The summed E-state index contributed by atoms with van der Waals surface area (Å²) in [6.07, 6.45) is -0.209. The second-order valence-corrected chi connectivity index (χ2v) is 6.81. The molecule has 0 saturated heterocycles. The third kappa shape index (κ3) is 4.29. The predicted octanol–water partition coefficient (Wildman–Crippen LogP) is 4.42. The van der Waals surface area contributed by atoms with E-state index in [4.69, 9.17) is 9.57 Å². The van der Waals surface area contributed by atoms with Crippen LogP contribution >= 0.6 is 0 Å². The van der Waals surface area contributed by atoms with Crippen LogP contribution in [0.5, 0.6) is 5.75 Å². The zero-order valence-corrected chi connectivity index (χ0v) is 16.2. The van der Waals surface area contributed by atoms with Gasteiger partial charge in [0.05, 0.1) is 19.4 Å². The van der Waals surface area contributed by atoms with Gasteiger partial charge in [0, 0.05) is 12.1 Å². The summed E-state index contributed by atoms with van der Waals surface area (Å²) < 4.78 is 5.20. The van der Waals surface area contributed by atoms with Crippen LogP contribution in [-0.2, 0) is 16.2 Å². The molecule has 4 rings (SSSR count). The van der Waals surface area contributed by atoms with Crippen molar-refractivity contribution in [2.75, 3.05) is 12.0 Å². The third-order valence-electron chi connectivity index (χ3n) is 4.88. The first-order chi connectivity index (χ1) is 14.2. The maximum atomic E-state index is 13.3. The molecule has 5 nitrogen and oxygen atoms in total. The lowest BCUT2D eigenvalue weighted by atomic mass is 10.0. The molecule has 0 radical (unpaired) electrons. The molecular formula is C24H22N2O3. The highest BCUT2D eigenvalue weighted by Gasteiger charge is 2.33. The molecular weight excluding hydrogens is 364 g/mol. The Bertz CT molecular complexity index is 986. The van der Waals surface area contributed by atoms with Crippen LogP contribution in [0.4, 0.5) is 5.69 Å². The Morgan fingerprint density at radius 2 is 1.66 bits per heavy atom. The van der Waals surface area contributed by atoms with Crippen molar-refractivity contribution in [2.24, 2.45) is 5.16 Å². The number of carbonyl (C=O) groups is 1. The van der Waals surface area contributed by atoms with Gasteiger partial charge in [-0.2, -0.15) is 0 Å². The van der Waals surface area contributed by atoms with Crippen LogP contribution in [0.3, 0.4) is 0 Å². The Morgan fingerprint density at radius 1 is 1.00 bits per heavy atom. The van der Waals surface area contributed by atoms with Crippen LogP contribution in [0.2, 0.25) is 0 Å². The molecule has 0 saturated carbocycles. The quantitative estimate of drug-likeness (QED) is 0.630. The molecule has 0 unspecified atom stereocenters. The van der Waals surface area contributed by atoms with Gasteiger partial charge in [0.2, 0.25) is 6.10 Å². The molecule has 0 bridgehead atoms. The molecule has 1 heterocycles. The van der Waals surface area contributed by atoms with Crippen molar-refractivity contribution in [1.29, 1.82) is 0 Å².